The molecule has 0 heterocycles. The fourth-order valence-corrected chi connectivity index (χ4v) is 2.51. The molecule has 17 heavy (non-hydrogen) atoms. The summed E-state index contributed by atoms with van der Waals surface area (Å²) in [5.74, 6) is 0. The van der Waals surface area contributed by atoms with Crippen LogP contribution >= 0.6 is 58.0 Å². The maximum atomic E-state index is 10.6. The van der Waals surface area contributed by atoms with Crippen LogP contribution in [-0.2, 0) is 10.1 Å². The molecule has 0 amide bonds. The quantitative estimate of drug-likeness (QED) is 0.470. The Balaban J connectivity index is 3.51. The highest BCUT2D eigenvalue weighted by atomic mass is 35.5. The van der Waals surface area contributed by atoms with Crippen molar-refractivity contribution in [2.45, 2.75) is 0 Å². The summed E-state index contributed by atoms with van der Waals surface area (Å²) in [7, 11) is -4.31. The third-order valence-electron chi connectivity index (χ3n) is 1.65. The minimum Gasteiger partial charge on any atom is -0.282 e. The molecule has 0 fully saturated rings. The lowest BCUT2D eigenvalue weighted by Crippen LogP contribution is -1.90. The molecule has 1 N–H and O–H groups in total. The topological polar surface area (TPSA) is 54.4 Å². The van der Waals surface area contributed by atoms with Crippen LogP contribution in [0.3, 0.4) is 0 Å². The van der Waals surface area contributed by atoms with Gasteiger partial charge in [-0.3, -0.25) is 4.55 Å². The molecule has 0 unspecified atom stereocenters. The molecule has 3 nitrogen and oxygen atoms in total. The minimum atomic E-state index is -4.31. The number of halogens is 5. The first-order valence-electron chi connectivity index (χ1n) is 3.82. The molecule has 0 spiro atoms. The Bertz CT molecular complexity index is 565. The normalized spacial score (nSPS) is 12.4. The number of hydrogen-bond acceptors (Lipinski definition) is 2. The molecular formula is C8H3Cl5O3S. The van der Waals surface area contributed by atoms with E-state index in [0.29, 0.717) is 5.41 Å². The molecule has 0 radical (unpaired) electrons. The Labute approximate surface area is 123 Å². The number of hydrogen-bond donors (Lipinski definition) is 1. The number of benzene rings is 1. The molecule has 1 aromatic rings. The lowest BCUT2D eigenvalue weighted by atomic mass is 10.2. The number of rotatable bonds is 2. The largest absolute Gasteiger partial charge is 0.287 e. The molecule has 0 aromatic heterocycles. The van der Waals surface area contributed by atoms with Crippen LogP contribution in [-0.4, -0.2) is 13.0 Å². The van der Waals surface area contributed by atoms with Crippen LogP contribution in [0.2, 0.25) is 25.1 Å². The van der Waals surface area contributed by atoms with Crippen LogP contribution in [0, 0.1) is 0 Å². The second-order valence-electron chi connectivity index (χ2n) is 2.80. The molecule has 94 valence electrons. The van der Waals surface area contributed by atoms with E-state index < -0.39 is 10.1 Å². The van der Waals surface area contributed by atoms with Crippen LogP contribution in [0.1, 0.15) is 5.56 Å². The summed E-state index contributed by atoms with van der Waals surface area (Å²) >= 11 is 28.9. The summed E-state index contributed by atoms with van der Waals surface area (Å²) in [5, 5.41) is 0.223. The molecule has 9 heteroatoms. The van der Waals surface area contributed by atoms with E-state index in [1.807, 2.05) is 0 Å². The van der Waals surface area contributed by atoms with Crippen molar-refractivity contribution in [3.05, 3.63) is 36.1 Å². The van der Waals surface area contributed by atoms with Gasteiger partial charge in [0.2, 0.25) is 0 Å². The SMILES string of the molecule is O=S(=O)(O)/C=C/c1c(Cl)c(Cl)c(Cl)c(Cl)c1Cl. The second-order valence-corrected chi connectivity index (χ2v) is 5.99. The summed E-state index contributed by atoms with van der Waals surface area (Å²) in [4.78, 5) is 0. The third kappa shape index (κ3) is 3.64. The van der Waals surface area contributed by atoms with Gasteiger partial charge in [0.25, 0.3) is 10.1 Å². The van der Waals surface area contributed by atoms with Crippen LogP contribution in [0.4, 0.5) is 0 Å². The van der Waals surface area contributed by atoms with E-state index in [1.54, 1.807) is 0 Å². The van der Waals surface area contributed by atoms with E-state index in [1.165, 1.54) is 0 Å². The third-order valence-corrected chi connectivity index (χ3v) is 4.44. The van der Waals surface area contributed by atoms with Crippen molar-refractivity contribution in [2.75, 3.05) is 0 Å². The van der Waals surface area contributed by atoms with Crippen LogP contribution in [0.15, 0.2) is 5.41 Å². The van der Waals surface area contributed by atoms with E-state index in [0.717, 1.165) is 6.08 Å². The standard InChI is InChI=1S/C8H3Cl5O3S/c9-4-3(1-2-17(14,15)16)5(10)7(12)8(13)6(4)11/h1-2H,(H,14,15,16)/b2-1+. The lowest BCUT2D eigenvalue weighted by molar-refractivity contribution is 0.494. The van der Waals surface area contributed by atoms with Gasteiger partial charge >= 0.3 is 0 Å². The van der Waals surface area contributed by atoms with Gasteiger partial charge in [0.1, 0.15) is 0 Å². The molecule has 0 atom stereocenters. The van der Waals surface area contributed by atoms with Gasteiger partial charge < -0.3 is 0 Å². The van der Waals surface area contributed by atoms with Gasteiger partial charge in [-0.1, -0.05) is 58.0 Å². The zero-order valence-electron chi connectivity index (χ0n) is 7.72. The highest BCUT2D eigenvalue weighted by Crippen LogP contribution is 2.44. The predicted molar refractivity (Wildman–Crippen MR) is 72.1 cm³/mol. The Morgan fingerprint density at radius 2 is 1.18 bits per heavy atom. The zero-order chi connectivity index (χ0) is 13.4. The molecule has 0 aliphatic heterocycles. The highest BCUT2D eigenvalue weighted by Gasteiger charge is 2.17. The molecule has 0 saturated heterocycles. The Morgan fingerprint density at radius 1 is 0.824 bits per heavy atom. The van der Waals surface area contributed by atoms with Crippen molar-refractivity contribution in [2.24, 2.45) is 0 Å². The van der Waals surface area contributed by atoms with Crippen molar-refractivity contribution < 1.29 is 13.0 Å². The van der Waals surface area contributed by atoms with Crippen molar-refractivity contribution >= 4 is 74.2 Å². The molecule has 1 rings (SSSR count). The van der Waals surface area contributed by atoms with Crippen molar-refractivity contribution in [3.8, 4) is 0 Å². The van der Waals surface area contributed by atoms with Crippen molar-refractivity contribution in [1.29, 1.82) is 0 Å². The Kier molecular flexibility index (Phi) is 5.00. The summed E-state index contributed by atoms with van der Waals surface area (Å²) in [5.41, 5.74) is 0.0466. The van der Waals surface area contributed by atoms with Crippen LogP contribution < -0.4 is 0 Å². The van der Waals surface area contributed by atoms with Crippen LogP contribution in [0.5, 0.6) is 0 Å². The van der Waals surface area contributed by atoms with Crippen molar-refractivity contribution in [1.82, 2.24) is 0 Å². The van der Waals surface area contributed by atoms with Gasteiger partial charge in [-0.05, 0) is 6.08 Å². The molecule has 0 aliphatic rings. The minimum absolute atomic E-state index is 0.0349. The maximum Gasteiger partial charge on any atom is 0.287 e. The summed E-state index contributed by atoms with van der Waals surface area (Å²) in [6, 6.07) is 0. The average Bonchev–Trinajstić information content (AvgIpc) is 2.22. The fourth-order valence-electron chi connectivity index (χ4n) is 0.922. The first-order valence-corrected chi connectivity index (χ1v) is 7.21. The molecule has 0 saturated carbocycles. The summed E-state index contributed by atoms with van der Waals surface area (Å²) in [6.07, 6.45) is 0.966. The van der Waals surface area contributed by atoms with E-state index in [-0.39, 0.29) is 30.7 Å². The van der Waals surface area contributed by atoms with Gasteiger partial charge in [0.15, 0.2) is 0 Å². The molecule has 0 aliphatic carbocycles. The monoisotopic (exact) mass is 354 g/mol. The predicted octanol–water partition coefficient (Wildman–Crippen LogP) is 4.81. The average molecular weight is 356 g/mol. The van der Waals surface area contributed by atoms with Gasteiger partial charge in [0, 0.05) is 5.56 Å². The lowest BCUT2D eigenvalue weighted by Gasteiger charge is -2.08. The van der Waals surface area contributed by atoms with Crippen molar-refractivity contribution in [3.63, 3.8) is 0 Å². The van der Waals surface area contributed by atoms with Crippen LogP contribution in [0.25, 0.3) is 6.08 Å². The Hall–Kier alpha value is 0.320. The van der Waals surface area contributed by atoms with E-state index in [9.17, 15) is 8.42 Å². The molecule has 1 aromatic carbocycles. The van der Waals surface area contributed by atoms with E-state index in [4.69, 9.17) is 62.6 Å². The second kappa shape index (κ2) is 5.53. The summed E-state index contributed by atoms with van der Waals surface area (Å²) in [6.45, 7) is 0. The summed E-state index contributed by atoms with van der Waals surface area (Å²) < 4.78 is 29.7. The van der Waals surface area contributed by atoms with Gasteiger partial charge in [-0.25, -0.2) is 0 Å². The molecular weight excluding hydrogens is 353 g/mol. The zero-order valence-corrected chi connectivity index (χ0v) is 12.3. The smallest absolute Gasteiger partial charge is 0.282 e. The van der Waals surface area contributed by atoms with Gasteiger partial charge in [-0.2, -0.15) is 8.42 Å². The Morgan fingerprint density at radius 3 is 1.53 bits per heavy atom. The fraction of sp³-hybridized carbons (Fsp3) is 0. The maximum absolute atomic E-state index is 10.6. The van der Waals surface area contributed by atoms with Gasteiger partial charge in [0.05, 0.1) is 30.5 Å². The molecule has 0 bridgehead atoms. The van der Waals surface area contributed by atoms with E-state index in [2.05, 4.69) is 0 Å². The first-order chi connectivity index (χ1) is 7.65. The van der Waals surface area contributed by atoms with E-state index >= 15 is 0 Å². The van der Waals surface area contributed by atoms with Gasteiger partial charge in [-0.15, -0.1) is 0 Å². The first kappa shape index (κ1) is 15.4. The highest BCUT2D eigenvalue weighted by molar-refractivity contribution is 7.88.